The van der Waals surface area contributed by atoms with Gasteiger partial charge in [-0.05, 0) is 18.2 Å². The molecule has 0 spiro atoms. The van der Waals surface area contributed by atoms with Gasteiger partial charge in [-0.2, -0.15) is 0 Å². The first-order valence-corrected chi connectivity index (χ1v) is 5.56. The van der Waals surface area contributed by atoms with Gasteiger partial charge in [0.1, 0.15) is 0 Å². The summed E-state index contributed by atoms with van der Waals surface area (Å²) < 4.78 is 1.02. The van der Waals surface area contributed by atoms with Crippen LogP contribution in [0.25, 0.3) is 0 Å². The highest BCUT2D eigenvalue weighted by Crippen LogP contribution is 2.22. The lowest BCUT2D eigenvalue weighted by molar-refractivity contribution is -0.136. The third-order valence-electron chi connectivity index (χ3n) is 1.38. The summed E-state index contributed by atoms with van der Waals surface area (Å²) in [6.45, 7) is 0. The first-order chi connectivity index (χ1) is 6.18. The van der Waals surface area contributed by atoms with Crippen LogP contribution in [-0.2, 0) is 4.79 Å². The standard InChI is InChI=1S/C9H9BrO2S/c10-7-2-1-3-8(6-7)13-5-4-9(11)12/h1-3,6H,4-5H2,(H,11,12). The predicted octanol–water partition coefficient (Wildman–Crippen LogP) is 3.02. The van der Waals surface area contributed by atoms with Crippen molar-refractivity contribution >= 4 is 33.7 Å². The molecular formula is C9H9BrO2S. The van der Waals surface area contributed by atoms with Gasteiger partial charge in [-0.15, -0.1) is 11.8 Å². The largest absolute Gasteiger partial charge is 0.481 e. The van der Waals surface area contributed by atoms with Gasteiger partial charge in [0.25, 0.3) is 0 Å². The molecule has 1 aromatic carbocycles. The maximum absolute atomic E-state index is 10.2. The lowest BCUT2D eigenvalue weighted by Crippen LogP contribution is -1.95. The molecule has 0 saturated heterocycles. The van der Waals surface area contributed by atoms with E-state index >= 15 is 0 Å². The normalized spacial score (nSPS) is 9.92. The van der Waals surface area contributed by atoms with Gasteiger partial charge in [0.2, 0.25) is 0 Å². The molecule has 0 unspecified atom stereocenters. The number of benzene rings is 1. The molecule has 0 aliphatic carbocycles. The minimum atomic E-state index is -0.748. The Morgan fingerprint density at radius 2 is 2.31 bits per heavy atom. The lowest BCUT2D eigenvalue weighted by Gasteiger charge is -1.99. The van der Waals surface area contributed by atoms with E-state index in [-0.39, 0.29) is 6.42 Å². The van der Waals surface area contributed by atoms with Crippen LogP contribution in [0, 0.1) is 0 Å². The van der Waals surface area contributed by atoms with Gasteiger partial charge in [-0.25, -0.2) is 0 Å². The molecule has 4 heteroatoms. The van der Waals surface area contributed by atoms with E-state index in [0.29, 0.717) is 5.75 Å². The minimum Gasteiger partial charge on any atom is -0.481 e. The molecule has 2 nitrogen and oxygen atoms in total. The topological polar surface area (TPSA) is 37.3 Å². The summed E-state index contributed by atoms with van der Waals surface area (Å²) in [5.74, 6) is -0.131. The maximum atomic E-state index is 10.2. The molecule has 0 atom stereocenters. The molecular weight excluding hydrogens is 252 g/mol. The van der Waals surface area contributed by atoms with Crippen molar-refractivity contribution in [3.05, 3.63) is 28.7 Å². The summed E-state index contributed by atoms with van der Waals surface area (Å²) in [6, 6.07) is 7.83. The van der Waals surface area contributed by atoms with Gasteiger partial charge in [0.15, 0.2) is 0 Å². The molecule has 0 amide bonds. The Hall–Kier alpha value is -0.480. The Labute approximate surface area is 89.5 Å². The number of aliphatic carboxylic acids is 1. The van der Waals surface area contributed by atoms with Gasteiger partial charge in [-0.3, -0.25) is 4.79 Å². The van der Waals surface area contributed by atoms with Crippen LogP contribution in [0.15, 0.2) is 33.6 Å². The average Bonchev–Trinajstić information content (AvgIpc) is 2.03. The van der Waals surface area contributed by atoms with Crippen LogP contribution in [0.1, 0.15) is 6.42 Å². The average molecular weight is 261 g/mol. The number of carbonyl (C=O) groups is 1. The van der Waals surface area contributed by atoms with E-state index in [9.17, 15) is 4.79 Å². The van der Waals surface area contributed by atoms with E-state index in [2.05, 4.69) is 15.9 Å². The smallest absolute Gasteiger partial charge is 0.304 e. The van der Waals surface area contributed by atoms with Gasteiger partial charge < -0.3 is 5.11 Å². The quantitative estimate of drug-likeness (QED) is 0.846. The molecule has 0 aliphatic heterocycles. The van der Waals surface area contributed by atoms with Crippen LogP contribution in [0.4, 0.5) is 0 Å². The van der Waals surface area contributed by atoms with Crippen molar-refractivity contribution in [3.63, 3.8) is 0 Å². The molecule has 0 aliphatic rings. The molecule has 0 aromatic heterocycles. The molecule has 1 N–H and O–H groups in total. The fourth-order valence-electron chi connectivity index (χ4n) is 0.813. The third kappa shape index (κ3) is 4.33. The Balaban J connectivity index is 2.41. The number of halogens is 1. The van der Waals surface area contributed by atoms with Gasteiger partial charge in [0, 0.05) is 15.1 Å². The van der Waals surface area contributed by atoms with Crippen molar-refractivity contribution in [1.29, 1.82) is 0 Å². The number of hydrogen-bond donors (Lipinski definition) is 1. The van der Waals surface area contributed by atoms with Crippen molar-refractivity contribution < 1.29 is 9.90 Å². The summed E-state index contributed by atoms with van der Waals surface area (Å²) in [4.78, 5) is 11.3. The first kappa shape index (κ1) is 10.6. The highest BCUT2D eigenvalue weighted by Gasteiger charge is 1.98. The predicted molar refractivity (Wildman–Crippen MR) is 57.1 cm³/mol. The van der Waals surface area contributed by atoms with Crippen LogP contribution < -0.4 is 0 Å². The molecule has 1 aromatic rings. The molecule has 0 radical (unpaired) electrons. The summed E-state index contributed by atoms with van der Waals surface area (Å²) in [7, 11) is 0. The number of hydrogen-bond acceptors (Lipinski definition) is 2. The summed E-state index contributed by atoms with van der Waals surface area (Å²) in [6.07, 6.45) is 0.206. The van der Waals surface area contributed by atoms with Gasteiger partial charge in [-0.1, -0.05) is 22.0 Å². The summed E-state index contributed by atoms with van der Waals surface area (Å²) in [5, 5.41) is 8.42. The van der Waals surface area contributed by atoms with Crippen molar-refractivity contribution in [3.8, 4) is 0 Å². The first-order valence-electron chi connectivity index (χ1n) is 3.78. The molecule has 0 heterocycles. The van der Waals surface area contributed by atoms with Crippen LogP contribution in [0.2, 0.25) is 0 Å². The van der Waals surface area contributed by atoms with E-state index in [4.69, 9.17) is 5.11 Å². The molecule has 70 valence electrons. The van der Waals surface area contributed by atoms with Gasteiger partial charge >= 0.3 is 5.97 Å². The SMILES string of the molecule is O=C(O)CCSc1cccc(Br)c1. The van der Waals surface area contributed by atoms with E-state index < -0.39 is 5.97 Å². The monoisotopic (exact) mass is 260 g/mol. The lowest BCUT2D eigenvalue weighted by atomic mass is 10.4. The second kappa shape index (κ2) is 5.29. The zero-order valence-corrected chi connectivity index (χ0v) is 9.27. The zero-order chi connectivity index (χ0) is 9.68. The summed E-state index contributed by atoms with van der Waals surface area (Å²) >= 11 is 4.91. The molecule has 0 fully saturated rings. The fourth-order valence-corrected chi connectivity index (χ4v) is 2.26. The van der Waals surface area contributed by atoms with Crippen molar-refractivity contribution in [2.45, 2.75) is 11.3 Å². The molecule has 0 bridgehead atoms. The van der Waals surface area contributed by atoms with Crippen LogP contribution in [0.5, 0.6) is 0 Å². The van der Waals surface area contributed by atoms with E-state index in [1.54, 1.807) is 11.8 Å². The minimum absolute atomic E-state index is 0.206. The Morgan fingerprint density at radius 3 is 2.92 bits per heavy atom. The number of carboxylic acid groups (broad SMARTS) is 1. The van der Waals surface area contributed by atoms with E-state index in [1.165, 1.54) is 0 Å². The second-order valence-electron chi connectivity index (χ2n) is 2.45. The molecule has 0 saturated carbocycles. The highest BCUT2D eigenvalue weighted by atomic mass is 79.9. The van der Waals surface area contributed by atoms with Crippen LogP contribution in [-0.4, -0.2) is 16.8 Å². The zero-order valence-electron chi connectivity index (χ0n) is 6.87. The Morgan fingerprint density at radius 1 is 1.54 bits per heavy atom. The molecule has 1 rings (SSSR count). The van der Waals surface area contributed by atoms with E-state index in [1.807, 2.05) is 24.3 Å². The molecule has 13 heavy (non-hydrogen) atoms. The maximum Gasteiger partial charge on any atom is 0.304 e. The Bertz CT molecular complexity index is 301. The van der Waals surface area contributed by atoms with E-state index in [0.717, 1.165) is 9.37 Å². The van der Waals surface area contributed by atoms with Crippen LogP contribution in [0.3, 0.4) is 0 Å². The second-order valence-corrected chi connectivity index (χ2v) is 4.53. The number of thioether (sulfide) groups is 1. The summed E-state index contributed by atoms with van der Waals surface area (Å²) in [5.41, 5.74) is 0. The number of carboxylic acids is 1. The van der Waals surface area contributed by atoms with Crippen molar-refractivity contribution in [1.82, 2.24) is 0 Å². The van der Waals surface area contributed by atoms with Crippen LogP contribution >= 0.6 is 27.7 Å². The Kier molecular flexibility index (Phi) is 4.32. The number of rotatable bonds is 4. The van der Waals surface area contributed by atoms with Gasteiger partial charge in [0.05, 0.1) is 6.42 Å². The third-order valence-corrected chi connectivity index (χ3v) is 2.87. The highest BCUT2D eigenvalue weighted by molar-refractivity contribution is 9.10. The van der Waals surface area contributed by atoms with Crippen molar-refractivity contribution in [2.24, 2.45) is 0 Å². The fraction of sp³-hybridized carbons (Fsp3) is 0.222. The van der Waals surface area contributed by atoms with Crippen molar-refractivity contribution in [2.75, 3.05) is 5.75 Å².